The van der Waals surface area contributed by atoms with Gasteiger partial charge >= 0.3 is 0 Å². The molecule has 1 aliphatic carbocycles. The third-order valence-corrected chi connectivity index (χ3v) is 5.15. The van der Waals surface area contributed by atoms with Crippen LogP contribution in [0.2, 0.25) is 0 Å². The highest BCUT2D eigenvalue weighted by Gasteiger charge is 2.29. The van der Waals surface area contributed by atoms with Gasteiger partial charge in [0, 0.05) is 12.5 Å². The van der Waals surface area contributed by atoms with Crippen molar-refractivity contribution in [2.24, 2.45) is 0 Å². The Morgan fingerprint density at radius 2 is 1.88 bits per heavy atom. The molecule has 0 radical (unpaired) electrons. The van der Waals surface area contributed by atoms with Crippen LogP contribution in [-0.2, 0) is 6.54 Å². The van der Waals surface area contributed by atoms with Crippen molar-refractivity contribution in [3.63, 3.8) is 0 Å². The molecule has 0 saturated heterocycles. The number of unbranched alkanes of at least 4 members (excludes halogenated alkanes) is 1. The van der Waals surface area contributed by atoms with E-state index in [0.717, 1.165) is 37.3 Å². The number of fused-ring (bicyclic) bond motifs is 1. The molecule has 0 N–H and O–H groups in total. The number of aromatic nitrogens is 2. The van der Waals surface area contributed by atoms with Crippen LogP contribution in [-0.4, -0.2) is 16.2 Å². The number of ether oxygens (including phenoxy) is 1. The number of rotatable bonds is 7. The monoisotopic (exact) mass is 334 g/mol. The Kier molecular flexibility index (Phi) is 4.48. The molecule has 1 aliphatic rings. The maximum absolute atomic E-state index is 5.91. The first kappa shape index (κ1) is 16.2. The number of imidazole rings is 1. The molecule has 1 heterocycles. The number of hydrogen-bond acceptors (Lipinski definition) is 2. The van der Waals surface area contributed by atoms with E-state index < -0.39 is 0 Å². The highest BCUT2D eigenvalue weighted by molar-refractivity contribution is 5.76. The number of hydrogen-bond donors (Lipinski definition) is 0. The first-order chi connectivity index (χ1) is 12.2. The van der Waals surface area contributed by atoms with Crippen LogP contribution in [0.25, 0.3) is 11.0 Å². The highest BCUT2D eigenvalue weighted by Crippen LogP contribution is 2.40. The van der Waals surface area contributed by atoms with E-state index in [1.54, 1.807) is 0 Å². The van der Waals surface area contributed by atoms with Crippen LogP contribution < -0.4 is 4.74 Å². The average molecular weight is 334 g/mol. The van der Waals surface area contributed by atoms with Gasteiger partial charge in [-0.25, -0.2) is 4.98 Å². The second-order valence-corrected chi connectivity index (χ2v) is 7.19. The maximum atomic E-state index is 5.91. The van der Waals surface area contributed by atoms with E-state index in [2.05, 4.69) is 60.9 Å². The highest BCUT2D eigenvalue weighted by atomic mass is 16.5. The molecule has 3 heteroatoms. The smallest absolute Gasteiger partial charge is 0.119 e. The van der Waals surface area contributed by atoms with Gasteiger partial charge in [0.1, 0.15) is 11.6 Å². The second kappa shape index (κ2) is 6.91. The molecule has 0 spiro atoms. The van der Waals surface area contributed by atoms with E-state index >= 15 is 0 Å². The molecular formula is C22H26N2O. The molecule has 0 bridgehead atoms. The van der Waals surface area contributed by atoms with Gasteiger partial charge in [-0.3, -0.25) is 0 Å². The summed E-state index contributed by atoms with van der Waals surface area (Å²) in [5.41, 5.74) is 5.01. The van der Waals surface area contributed by atoms with Gasteiger partial charge < -0.3 is 9.30 Å². The van der Waals surface area contributed by atoms with Crippen molar-refractivity contribution >= 4 is 11.0 Å². The Hall–Kier alpha value is -2.29. The van der Waals surface area contributed by atoms with Gasteiger partial charge in [0.15, 0.2) is 0 Å². The van der Waals surface area contributed by atoms with Crippen LogP contribution in [0.3, 0.4) is 0 Å². The molecule has 25 heavy (non-hydrogen) atoms. The fourth-order valence-corrected chi connectivity index (χ4v) is 3.35. The molecule has 1 saturated carbocycles. The Bertz CT molecular complexity index is 877. The molecule has 130 valence electrons. The van der Waals surface area contributed by atoms with E-state index in [1.165, 1.54) is 35.3 Å². The fraction of sp³-hybridized carbons (Fsp3) is 0.409. The Labute approximate surface area is 149 Å². The summed E-state index contributed by atoms with van der Waals surface area (Å²) in [6, 6.07) is 14.8. The summed E-state index contributed by atoms with van der Waals surface area (Å²) in [4.78, 5) is 4.87. The summed E-state index contributed by atoms with van der Waals surface area (Å²) >= 11 is 0. The SMILES string of the molecule is Cc1ccc(OCCCCn2c(C3CC3)nc3ccccc32)cc1C. The summed E-state index contributed by atoms with van der Waals surface area (Å²) in [7, 11) is 0. The summed E-state index contributed by atoms with van der Waals surface area (Å²) < 4.78 is 8.35. The van der Waals surface area contributed by atoms with Crippen molar-refractivity contribution in [1.82, 2.24) is 9.55 Å². The zero-order chi connectivity index (χ0) is 17.2. The van der Waals surface area contributed by atoms with Crippen molar-refractivity contribution in [3.05, 3.63) is 59.4 Å². The average Bonchev–Trinajstić information content (AvgIpc) is 3.40. The summed E-state index contributed by atoms with van der Waals surface area (Å²) in [6.45, 7) is 6.06. The van der Waals surface area contributed by atoms with E-state index in [0.29, 0.717) is 5.92 Å². The molecule has 4 rings (SSSR count). The standard InChI is InChI=1S/C22H26N2O/c1-16-9-12-19(15-17(16)2)25-14-6-5-13-24-21-8-4-3-7-20(21)23-22(24)18-10-11-18/h3-4,7-9,12,15,18H,5-6,10-11,13-14H2,1-2H3. The summed E-state index contributed by atoms with van der Waals surface area (Å²) in [6.07, 6.45) is 4.76. The van der Waals surface area contributed by atoms with E-state index in [1.807, 2.05) is 0 Å². The summed E-state index contributed by atoms with van der Waals surface area (Å²) in [5, 5.41) is 0. The summed E-state index contributed by atoms with van der Waals surface area (Å²) in [5.74, 6) is 2.95. The quantitative estimate of drug-likeness (QED) is 0.542. The van der Waals surface area contributed by atoms with Crippen LogP contribution in [0.1, 0.15) is 48.6 Å². The van der Waals surface area contributed by atoms with Gasteiger partial charge in [-0.05, 0) is 74.9 Å². The zero-order valence-corrected chi connectivity index (χ0v) is 15.2. The van der Waals surface area contributed by atoms with E-state index in [4.69, 9.17) is 9.72 Å². The lowest BCUT2D eigenvalue weighted by Gasteiger charge is -2.10. The predicted octanol–water partition coefficient (Wildman–Crippen LogP) is 5.39. The molecule has 2 aromatic carbocycles. The molecule has 1 aromatic heterocycles. The molecular weight excluding hydrogens is 308 g/mol. The van der Waals surface area contributed by atoms with Crippen LogP contribution in [0.15, 0.2) is 42.5 Å². The predicted molar refractivity (Wildman–Crippen MR) is 102 cm³/mol. The normalized spacial score (nSPS) is 14.2. The van der Waals surface area contributed by atoms with Gasteiger partial charge in [-0.2, -0.15) is 0 Å². The van der Waals surface area contributed by atoms with Crippen LogP contribution in [0.4, 0.5) is 0 Å². The van der Waals surface area contributed by atoms with Crippen molar-refractivity contribution in [1.29, 1.82) is 0 Å². The topological polar surface area (TPSA) is 27.1 Å². The molecule has 1 fully saturated rings. The lowest BCUT2D eigenvalue weighted by Crippen LogP contribution is -2.05. The van der Waals surface area contributed by atoms with Gasteiger partial charge in [-0.1, -0.05) is 18.2 Å². The molecule has 0 amide bonds. The van der Waals surface area contributed by atoms with Crippen molar-refractivity contribution in [2.45, 2.75) is 52.0 Å². The van der Waals surface area contributed by atoms with Crippen molar-refractivity contribution < 1.29 is 4.74 Å². The van der Waals surface area contributed by atoms with Crippen molar-refractivity contribution in [2.75, 3.05) is 6.61 Å². The first-order valence-corrected chi connectivity index (χ1v) is 9.37. The van der Waals surface area contributed by atoms with Crippen LogP contribution >= 0.6 is 0 Å². The van der Waals surface area contributed by atoms with Crippen molar-refractivity contribution in [3.8, 4) is 5.75 Å². The molecule has 0 atom stereocenters. The van der Waals surface area contributed by atoms with Gasteiger partial charge in [0.05, 0.1) is 17.6 Å². The number of benzene rings is 2. The van der Waals surface area contributed by atoms with Gasteiger partial charge in [0.2, 0.25) is 0 Å². The van der Waals surface area contributed by atoms with E-state index in [-0.39, 0.29) is 0 Å². The number of para-hydroxylation sites is 2. The van der Waals surface area contributed by atoms with Gasteiger partial charge in [-0.15, -0.1) is 0 Å². The molecule has 3 aromatic rings. The zero-order valence-electron chi connectivity index (χ0n) is 15.2. The molecule has 0 aliphatic heterocycles. The van der Waals surface area contributed by atoms with E-state index in [9.17, 15) is 0 Å². The maximum Gasteiger partial charge on any atom is 0.119 e. The Morgan fingerprint density at radius 3 is 2.68 bits per heavy atom. The Balaban J connectivity index is 1.35. The second-order valence-electron chi connectivity index (χ2n) is 7.19. The number of nitrogens with zero attached hydrogens (tertiary/aromatic N) is 2. The minimum atomic E-state index is 0.680. The largest absolute Gasteiger partial charge is 0.494 e. The third-order valence-electron chi connectivity index (χ3n) is 5.15. The van der Waals surface area contributed by atoms with Gasteiger partial charge in [0.25, 0.3) is 0 Å². The van der Waals surface area contributed by atoms with Crippen LogP contribution in [0, 0.1) is 13.8 Å². The molecule has 0 unspecified atom stereocenters. The minimum absolute atomic E-state index is 0.680. The lowest BCUT2D eigenvalue weighted by molar-refractivity contribution is 0.303. The lowest BCUT2D eigenvalue weighted by atomic mass is 10.1. The number of aryl methyl sites for hydroxylation is 3. The van der Waals surface area contributed by atoms with Crippen LogP contribution in [0.5, 0.6) is 5.75 Å². The first-order valence-electron chi connectivity index (χ1n) is 9.37. The third kappa shape index (κ3) is 3.55. The molecule has 3 nitrogen and oxygen atoms in total. The minimum Gasteiger partial charge on any atom is -0.494 e. The fourth-order valence-electron chi connectivity index (χ4n) is 3.35. The Morgan fingerprint density at radius 1 is 1.04 bits per heavy atom.